The van der Waals surface area contributed by atoms with E-state index in [9.17, 15) is 4.79 Å². The molecule has 0 bridgehead atoms. The summed E-state index contributed by atoms with van der Waals surface area (Å²) in [4.78, 5) is 13.0. The molecule has 0 fully saturated rings. The summed E-state index contributed by atoms with van der Waals surface area (Å²) in [6.45, 7) is 7.51. The van der Waals surface area contributed by atoms with Crippen LogP contribution in [0.2, 0.25) is 5.02 Å². The Bertz CT molecular complexity index is 405. The smallest absolute Gasteiger partial charge is 0.335 e. The van der Waals surface area contributed by atoms with E-state index in [2.05, 4.69) is 18.7 Å². The summed E-state index contributed by atoms with van der Waals surface area (Å²) in [5.41, 5.74) is 0.163. The molecule has 5 heteroatoms. The first-order valence-corrected chi connectivity index (χ1v) is 6.34. The fraction of sp³-hybridized carbons (Fsp3) is 0.462. The molecule has 0 aliphatic rings. The van der Waals surface area contributed by atoms with Crippen molar-refractivity contribution in [2.24, 2.45) is 0 Å². The molecule has 100 valence electrons. The summed E-state index contributed by atoms with van der Waals surface area (Å²) in [5.74, 6) is -0.472. The van der Waals surface area contributed by atoms with Crippen LogP contribution in [0, 0.1) is 0 Å². The first kappa shape index (κ1) is 14.8. The molecule has 0 heterocycles. The third kappa shape index (κ3) is 4.20. The maximum Gasteiger partial charge on any atom is 0.335 e. The van der Waals surface area contributed by atoms with Crippen LogP contribution >= 0.6 is 11.6 Å². The van der Waals surface area contributed by atoms with Crippen molar-refractivity contribution in [3.8, 4) is 5.75 Å². The molecule has 0 radical (unpaired) electrons. The normalized spacial score (nSPS) is 10.7. The lowest BCUT2D eigenvalue weighted by Crippen LogP contribution is -2.27. The van der Waals surface area contributed by atoms with Crippen LogP contribution in [0.5, 0.6) is 5.75 Å². The van der Waals surface area contributed by atoms with Gasteiger partial charge in [-0.25, -0.2) is 4.79 Å². The molecular formula is C13H18ClNO3. The van der Waals surface area contributed by atoms with Crippen molar-refractivity contribution in [1.82, 2.24) is 4.90 Å². The van der Waals surface area contributed by atoms with Gasteiger partial charge in [-0.1, -0.05) is 25.4 Å². The maximum atomic E-state index is 10.7. The van der Waals surface area contributed by atoms with Gasteiger partial charge < -0.3 is 14.7 Å². The molecular weight excluding hydrogens is 254 g/mol. The average molecular weight is 272 g/mol. The van der Waals surface area contributed by atoms with E-state index in [1.807, 2.05) is 0 Å². The van der Waals surface area contributed by atoms with Gasteiger partial charge in [-0.2, -0.15) is 0 Å². The van der Waals surface area contributed by atoms with Gasteiger partial charge >= 0.3 is 5.97 Å². The molecule has 0 aliphatic carbocycles. The van der Waals surface area contributed by atoms with Gasteiger partial charge in [0.15, 0.2) is 0 Å². The van der Waals surface area contributed by atoms with E-state index in [1.54, 1.807) is 6.07 Å². The lowest BCUT2D eigenvalue weighted by atomic mass is 10.2. The van der Waals surface area contributed by atoms with Crippen LogP contribution in [0.25, 0.3) is 0 Å². The number of rotatable bonds is 7. The number of likely N-dealkylation sites (N-methyl/N-ethyl adjacent to an activating group) is 1. The number of hydrogen-bond acceptors (Lipinski definition) is 3. The fourth-order valence-corrected chi connectivity index (χ4v) is 1.81. The lowest BCUT2D eigenvalue weighted by Gasteiger charge is -2.18. The molecule has 0 aliphatic heterocycles. The molecule has 1 rings (SSSR count). The van der Waals surface area contributed by atoms with Crippen LogP contribution < -0.4 is 4.74 Å². The van der Waals surface area contributed by atoms with E-state index in [-0.39, 0.29) is 5.56 Å². The van der Waals surface area contributed by atoms with Gasteiger partial charge in [0.1, 0.15) is 12.4 Å². The summed E-state index contributed by atoms with van der Waals surface area (Å²) in [6.07, 6.45) is 0. The summed E-state index contributed by atoms with van der Waals surface area (Å²) < 4.78 is 5.54. The third-order valence-corrected chi connectivity index (χ3v) is 3.03. The maximum absolute atomic E-state index is 10.7. The van der Waals surface area contributed by atoms with Gasteiger partial charge in [0.2, 0.25) is 0 Å². The van der Waals surface area contributed by atoms with Crippen molar-refractivity contribution in [1.29, 1.82) is 0 Å². The van der Waals surface area contributed by atoms with E-state index < -0.39 is 5.97 Å². The van der Waals surface area contributed by atoms with Crippen molar-refractivity contribution in [3.63, 3.8) is 0 Å². The highest BCUT2D eigenvalue weighted by Gasteiger charge is 2.08. The van der Waals surface area contributed by atoms with E-state index >= 15 is 0 Å². The van der Waals surface area contributed by atoms with Crippen molar-refractivity contribution >= 4 is 17.6 Å². The predicted octanol–water partition coefficient (Wildman–Crippen LogP) is 2.76. The second kappa shape index (κ2) is 7.24. The molecule has 0 atom stereocenters. The molecule has 0 saturated heterocycles. The van der Waals surface area contributed by atoms with Crippen molar-refractivity contribution in [3.05, 3.63) is 28.8 Å². The largest absolute Gasteiger partial charge is 0.491 e. The molecule has 1 N–H and O–H groups in total. The van der Waals surface area contributed by atoms with Crippen LogP contribution in [0.3, 0.4) is 0 Å². The minimum atomic E-state index is -0.994. The first-order chi connectivity index (χ1) is 8.58. The molecule has 0 saturated carbocycles. The first-order valence-electron chi connectivity index (χ1n) is 5.96. The number of ether oxygens (including phenoxy) is 1. The number of benzene rings is 1. The number of carboxylic acid groups (broad SMARTS) is 1. The Hall–Kier alpha value is -1.26. The highest BCUT2D eigenvalue weighted by molar-refractivity contribution is 6.32. The zero-order valence-electron chi connectivity index (χ0n) is 10.6. The number of carboxylic acids is 1. The molecule has 0 unspecified atom stereocenters. The SMILES string of the molecule is CCN(CC)CCOc1ccc(C(=O)O)cc1Cl. The Kier molecular flexibility index (Phi) is 5.95. The van der Waals surface area contributed by atoms with Gasteiger partial charge in [0.25, 0.3) is 0 Å². The Morgan fingerprint density at radius 1 is 1.39 bits per heavy atom. The van der Waals surface area contributed by atoms with Crippen molar-refractivity contribution in [2.75, 3.05) is 26.2 Å². The van der Waals surface area contributed by atoms with E-state index in [0.717, 1.165) is 19.6 Å². The van der Waals surface area contributed by atoms with Crippen LogP contribution in [-0.4, -0.2) is 42.2 Å². The van der Waals surface area contributed by atoms with E-state index in [1.165, 1.54) is 12.1 Å². The molecule has 1 aromatic rings. The number of aromatic carboxylic acids is 1. The Morgan fingerprint density at radius 3 is 2.56 bits per heavy atom. The Morgan fingerprint density at radius 2 is 2.06 bits per heavy atom. The monoisotopic (exact) mass is 271 g/mol. The second-order valence-electron chi connectivity index (χ2n) is 3.83. The fourth-order valence-electron chi connectivity index (χ4n) is 1.58. The number of nitrogens with zero attached hydrogens (tertiary/aromatic N) is 1. The second-order valence-corrected chi connectivity index (χ2v) is 4.23. The summed E-state index contributed by atoms with van der Waals surface area (Å²) in [6, 6.07) is 4.48. The molecule has 0 aromatic heterocycles. The standard InChI is InChI=1S/C13H18ClNO3/c1-3-15(4-2)7-8-18-12-6-5-10(13(16)17)9-11(12)14/h5-6,9H,3-4,7-8H2,1-2H3,(H,16,17). The molecule has 0 amide bonds. The van der Waals surface area contributed by atoms with Crippen LogP contribution in [0.1, 0.15) is 24.2 Å². The van der Waals surface area contributed by atoms with Gasteiger partial charge in [0, 0.05) is 6.54 Å². The van der Waals surface area contributed by atoms with E-state index in [4.69, 9.17) is 21.4 Å². The molecule has 4 nitrogen and oxygen atoms in total. The topological polar surface area (TPSA) is 49.8 Å². The number of hydrogen-bond donors (Lipinski definition) is 1. The minimum absolute atomic E-state index is 0.163. The van der Waals surface area contributed by atoms with Gasteiger partial charge in [-0.05, 0) is 31.3 Å². The van der Waals surface area contributed by atoms with Gasteiger partial charge in [0.05, 0.1) is 10.6 Å². The van der Waals surface area contributed by atoms with Crippen molar-refractivity contribution < 1.29 is 14.6 Å². The minimum Gasteiger partial charge on any atom is -0.491 e. The van der Waals surface area contributed by atoms with Crippen molar-refractivity contribution in [2.45, 2.75) is 13.8 Å². The lowest BCUT2D eigenvalue weighted by molar-refractivity contribution is 0.0697. The Labute approximate surface area is 112 Å². The predicted molar refractivity (Wildman–Crippen MR) is 71.7 cm³/mol. The van der Waals surface area contributed by atoms with Gasteiger partial charge in [-0.15, -0.1) is 0 Å². The van der Waals surface area contributed by atoms with Crippen LogP contribution in [0.15, 0.2) is 18.2 Å². The van der Waals surface area contributed by atoms with Crippen LogP contribution in [-0.2, 0) is 0 Å². The van der Waals surface area contributed by atoms with Crippen LogP contribution in [0.4, 0.5) is 0 Å². The van der Waals surface area contributed by atoms with E-state index in [0.29, 0.717) is 17.4 Å². The molecule has 1 aromatic carbocycles. The highest BCUT2D eigenvalue weighted by atomic mass is 35.5. The summed E-state index contributed by atoms with van der Waals surface area (Å²) in [7, 11) is 0. The Balaban J connectivity index is 2.55. The molecule has 0 spiro atoms. The zero-order chi connectivity index (χ0) is 13.5. The third-order valence-electron chi connectivity index (χ3n) is 2.74. The number of halogens is 1. The quantitative estimate of drug-likeness (QED) is 0.828. The highest BCUT2D eigenvalue weighted by Crippen LogP contribution is 2.25. The summed E-state index contributed by atoms with van der Waals surface area (Å²) in [5, 5.41) is 9.13. The zero-order valence-corrected chi connectivity index (χ0v) is 11.4. The van der Waals surface area contributed by atoms with Gasteiger partial charge in [-0.3, -0.25) is 0 Å². The number of carbonyl (C=O) groups is 1. The average Bonchev–Trinajstić information content (AvgIpc) is 2.36. The molecule has 18 heavy (non-hydrogen) atoms. The summed E-state index contributed by atoms with van der Waals surface area (Å²) >= 11 is 5.95.